The highest BCUT2D eigenvalue weighted by Crippen LogP contribution is 2.24. The fourth-order valence-electron chi connectivity index (χ4n) is 4.54. The first-order valence-electron chi connectivity index (χ1n) is 10.6. The number of nitrogens with one attached hydrogen (secondary N) is 1. The van der Waals surface area contributed by atoms with Crippen LogP contribution in [0.3, 0.4) is 0 Å². The fourth-order valence-corrected chi connectivity index (χ4v) is 4.54. The van der Waals surface area contributed by atoms with Crippen LogP contribution in [0.1, 0.15) is 27.9 Å². The van der Waals surface area contributed by atoms with Gasteiger partial charge in [0.05, 0.1) is 29.5 Å². The zero-order chi connectivity index (χ0) is 21.4. The predicted molar refractivity (Wildman–Crippen MR) is 115 cm³/mol. The van der Waals surface area contributed by atoms with Crippen LogP contribution in [-0.4, -0.2) is 75.2 Å². The van der Waals surface area contributed by atoms with E-state index in [4.69, 9.17) is 4.74 Å². The van der Waals surface area contributed by atoms with Gasteiger partial charge in [0.15, 0.2) is 0 Å². The highest BCUT2D eigenvalue weighted by atomic mass is 16.5. The number of ether oxygens (including phenoxy) is 1. The summed E-state index contributed by atoms with van der Waals surface area (Å²) in [6.07, 6.45) is 6.11. The Hall–Kier alpha value is -3.26. The molecule has 0 spiro atoms. The van der Waals surface area contributed by atoms with Gasteiger partial charge in [0, 0.05) is 50.4 Å². The Morgan fingerprint density at radius 1 is 1.10 bits per heavy atom. The fraction of sp³-hybridized carbons (Fsp3) is 0.391. The molecule has 2 fully saturated rings. The lowest BCUT2D eigenvalue weighted by Crippen LogP contribution is -2.61. The maximum atomic E-state index is 13.2. The number of aromatic nitrogens is 3. The number of amides is 2. The third-order valence-corrected chi connectivity index (χ3v) is 6.19. The number of pyridine rings is 1. The molecule has 2 aliphatic rings. The maximum Gasteiger partial charge on any atom is 0.254 e. The van der Waals surface area contributed by atoms with Crippen molar-refractivity contribution in [2.45, 2.75) is 32.0 Å². The number of rotatable bonds is 4. The van der Waals surface area contributed by atoms with E-state index in [1.807, 2.05) is 47.2 Å². The van der Waals surface area contributed by atoms with E-state index in [0.717, 1.165) is 22.0 Å². The number of carbonyl (C=O) groups is 2. The highest BCUT2D eigenvalue weighted by Gasteiger charge is 2.38. The van der Waals surface area contributed by atoms with Crippen LogP contribution in [0, 0.1) is 6.92 Å². The largest absolute Gasteiger partial charge is 0.368 e. The van der Waals surface area contributed by atoms with E-state index in [9.17, 15) is 9.59 Å². The number of hydrogen-bond acceptors (Lipinski definition) is 5. The number of carbonyl (C=O) groups excluding carboxylic acids is 2. The molecule has 2 atom stereocenters. The van der Waals surface area contributed by atoms with E-state index in [0.29, 0.717) is 44.6 Å². The Labute approximate surface area is 180 Å². The monoisotopic (exact) mass is 419 g/mol. The van der Waals surface area contributed by atoms with Crippen LogP contribution >= 0.6 is 0 Å². The lowest BCUT2D eigenvalue weighted by molar-refractivity contribution is -0.156. The van der Waals surface area contributed by atoms with Gasteiger partial charge < -0.3 is 14.5 Å². The number of morpholine rings is 2. The van der Waals surface area contributed by atoms with Gasteiger partial charge in [-0.15, -0.1) is 0 Å². The molecule has 2 bridgehead atoms. The number of H-pyrrole nitrogens is 1. The summed E-state index contributed by atoms with van der Waals surface area (Å²) in [6, 6.07) is 7.57. The Morgan fingerprint density at radius 3 is 2.65 bits per heavy atom. The molecule has 0 saturated carbocycles. The molecule has 2 aromatic heterocycles. The summed E-state index contributed by atoms with van der Waals surface area (Å²) in [5.74, 6) is 0.113. The average Bonchev–Trinajstić information content (AvgIpc) is 3.26. The Bertz CT molecular complexity index is 1110. The summed E-state index contributed by atoms with van der Waals surface area (Å²) < 4.78 is 6.06. The molecule has 2 saturated heterocycles. The molecule has 1 N–H and O–H groups in total. The van der Waals surface area contributed by atoms with E-state index < -0.39 is 0 Å². The lowest BCUT2D eigenvalue weighted by atomic mass is 10.0. The third-order valence-electron chi connectivity index (χ3n) is 6.19. The van der Waals surface area contributed by atoms with Gasteiger partial charge >= 0.3 is 0 Å². The van der Waals surface area contributed by atoms with Crippen LogP contribution < -0.4 is 0 Å². The second-order valence-corrected chi connectivity index (χ2v) is 8.33. The molecule has 3 aromatic rings. The Kier molecular flexibility index (Phi) is 5.15. The van der Waals surface area contributed by atoms with Crippen molar-refractivity contribution in [1.29, 1.82) is 0 Å². The van der Waals surface area contributed by atoms with Crippen molar-refractivity contribution >= 4 is 22.7 Å². The summed E-state index contributed by atoms with van der Waals surface area (Å²) in [5, 5.41) is 7.79. The van der Waals surface area contributed by atoms with Crippen molar-refractivity contribution in [2.24, 2.45) is 0 Å². The lowest BCUT2D eigenvalue weighted by Gasteiger charge is -2.45. The average molecular weight is 419 g/mol. The first-order chi connectivity index (χ1) is 15.1. The van der Waals surface area contributed by atoms with Gasteiger partial charge in [-0.2, -0.15) is 5.10 Å². The van der Waals surface area contributed by atoms with E-state index in [1.165, 1.54) is 0 Å². The predicted octanol–water partition coefficient (Wildman–Crippen LogP) is 1.95. The van der Waals surface area contributed by atoms with Crippen LogP contribution in [-0.2, 0) is 16.0 Å². The number of benzene rings is 1. The molecule has 2 unspecified atom stereocenters. The summed E-state index contributed by atoms with van der Waals surface area (Å²) in [4.78, 5) is 33.9. The first-order valence-corrected chi connectivity index (χ1v) is 10.6. The van der Waals surface area contributed by atoms with Crippen molar-refractivity contribution in [2.75, 3.05) is 26.2 Å². The molecule has 2 amide bonds. The van der Waals surface area contributed by atoms with Gasteiger partial charge in [0.2, 0.25) is 5.91 Å². The first kappa shape index (κ1) is 19.7. The summed E-state index contributed by atoms with van der Waals surface area (Å²) in [6.45, 7) is 4.03. The topological polar surface area (TPSA) is 91.4 Å². The van der Waals surface area contributed by atoms with Crippen LogP contribution in [0.2, 0.25) is 0 Å². The standard InChI is InChI=1S/C23H25N5O3/c1-15-7-8-24-9-16(15)5-6-22(29)27-11-17-13-28(14-18(12-27)31-17)23(30)19-3-2-4-21-20(19)10-25-26-21/h2-4,7-10,17-18H,5-6,11-14H2,1H3,(H,25,26). The minimum atomic E-state index is -0.163. The van der Waals surface area contributed by atoms with Gasteiger partial charge in [-0.25, -0.2) is 0 Å². The molecule has 1 aromatic carbocycles. The molecule has 5 rings (SSSR count). The van der Waals surface area contributed by atoms with Crippen molar-refractivity contribution < 1.29 is 14.3 Å². The van der Waals surface area contributed by atoms with Crippen molar-refractivity contribution in [3.05, 3.63) is 59.5 Å². The number of hydrogen-bond donors (Lipinski definition) is 1. The van der Waals surface area contributed by atoms with E-state index in [1.54, 1.807) is 12.4 Å². The minimum Gasteiger partial charge on any atom is -0.368 e. The van der Waals surface area contributed by atoms with Crippen molar-refractivity contribution in [1.82, 2.24) is 25.0 Å². The maximum absolute atomic E-state index is 13.2. The molecule has 8 nitrogen and oxygen atoms in total. The second-order valence-electron chi connectivity index (χ2n) is 8.33. The number of nitrogens with zero attached hydrogens (tertiary/aromatic N) is 4. The Balaban J connectivity index is 1.22. The SMILES string of the molecule is Cc1ccncc1CCC(=O)N1CC2CN(C(=O)c3cccc4[nH]ncc34)CC(C1)O2. The van der Waals surface area contributed by atoms with Gasteiger partial charge in [0.1, 0.15) is 0 Å². The summed E-state index contributed by atoms with van der Waals surface area (Å²) >= 11 is 0. The molecular weight excluding hydrogens is 394 g/mol. The van der Waals surface area contributed by atoms with Crippen LogP contribution in [0.25, 0.3) is 10.9 Å². The molecule has 31 heavy (non-hydrogen) atoms. The van der Waals surface area contributed by atoms with Gasteiger partial charge in [-0.05, 0) is 42.7 Å². The van der Waals surface area contributed by atoms with Gasteiger partial charge in [-0.1, -0.05) is 6.07 Å². The smallest absolute Gasteiger partial charge is 0.254 e. The Morgan fingerprint density at radius 2 is 1.87 bits per heavy atom. The second kappa shape index (κ2) is 8.11. The zero-order valence-corrected chi connectivity index (χ0v) is 17.5. The van der Waals surface area contributed by atoms with Crippen LogP contribution in [0.4, 0.5) is 0 Å². The molecule has 2 aliphatic heterocycles. The molecule has 4 heterocycles. The minimum absolute atomic E-state index is 0.0165. The van der Waals surface area contributed by atoms with Crippen LogP contribution in [0.5, 0.6) is 0 Å². The summed E-state index contributed by atoms with van der Waals surface area (Å²) in [7, 11) is 0. The normalized spacial score (nSPS) is 20.8. The van der Waals surface area contributed by atoms with Gasteiger partial charge in [0.25, 0.3) is 5.91 Å². The summed E-state index contributed by atoms with van der Waals surface area (Å²) in [5.41, 5.74) is 3.75. The highest BCUT2D eigenvalue weighted by molar-refractivity contribution is 6.06. The number of fused-ring (bicyclic) bond motifs is 3. The molecular formula is C23H25N5O3. The molecule has 0 radical (unpaired) electrons. The quantitative estimate of drug-likeness (QED) is 0.698. The molecule has 8 heteroatoms. The zero-order valence-electron chi connectivity index (χ0n) is 17.5. The van der Waals surface area contributed by atoms with Crippen molar-refractivity contribution in [3.8, 4) is 0 Å². The van der Waals surface area contributed by atoms with Crippen LogP contribution in [0.15, 0.2) is 42.9 Å². The van der Waals surface area contributed by atoms with Crippen molar-refractivity contribution in [3.63, 3.8) is 0 Å². The third kappa shape index (κ3) is 3.90. The van der Waals surface area contributed by atoms with E-state index in [2.05, 4.69) is 15.2 Å². The molecule has 0 aliphatic carbocycles. The van der Waals surface area contributed by atoms with E-state index >= 15 is 0 Å². The number of aryl methyl sites for hydroxylation is 2. The molecule has 160 valence electrons. The number of aromatic amines is 1. The van der Waals surface area contributed by atoms with E-state index in [-0.39, 0.29) is 24.0 Å². The van der Waals surface area contributed by atoms with Gasteiger partial charge in [-0.3, -0.25) is 19.7 Å².